The van der Waals surface area contributed by atoms with Gasteiger partial charge in [-0.3, -0.25) is 0 Å². The number of hydrogen-bond acceptors (Lipinski definition) is 2. The van der Waals surface area contributed by atoms with E-state index < -0.39 is 0 Å². The smallest absolute Gasteiger partial charge is 0.134 e. The van der Waals surface area contributed by atoms with Gasteiger partial charge in [0, 0.05) is 5.39 Å². The van der Waals surface area contributed by atoms with Crippen molar-refractivity contribution in [3.63, 3.8) is 0 Å². The van der Waals surface area contributed by atoms with Crippen LogP contribution in [0.1, 0.15) is 50.5 Å². The largest absolute Gasteiger partial charge is 0.459 e. The van der Waals surface area contributed by atoms with Crippen molar-refractivity contribution in [2.45, 2.75) is 46.1 Å². The van der Waals surface area contributed by atoms with Crippen molar-refractivity contribution in [1.29, 1.82) is 0 Å². The predicted octanol–water partition coefficient (Wildman–Crippen LogP) is 4.83. The Morgan fingerprint density at radius 2 is 2.10 bits per heavy atom. The summed E-state index contributed by atoms with van der Waals surface area (Å²) in [5, 5.41) is 4.92. The van der Waals surface area contributed by atoms with Crippen LogP contribution in [0.2, 0.25) is 0 Å². The molecule has 2 aromatic rings. The molecule has 0 bridgehead atoms. The van der Waals surface area contributed by atoms with Crippen LogP contribution >= 0.6 is 0 Å². The van der Waals surface area contributed by atoms with Crippen molar-refractivity contribution >= 4 is 11.0 Å². The molecule has 0 spiro atoms. The summed E-state index contributed by atoms with van der Waals surface area (Å²) in [4.78, 5) is 0. The SMILES string of the molecule is Cc1c(C(C)NCC2CCCC2C)oc2ccccc12. The molecule has 3 atom stereocenters. The number of aryl methyl sites for hydroxylation is 1. The number of fused-ring (bicyclic) bond motifs is 1. The fourth-order valence-corrected chi connectivity index (χ4v) is 3.55. The van der Waals surface area contributed by atoms with E-state index in [1.165, 1.54) is 30.2 Å². The average molecular weight is 271 g/mol. The molecule has 1 aromatic heterocycles. The Bertz CT molecular complexity index is 586. The summed E-state index contributed by atoms with van der Waals surface area (Å²) in [7, 11) is 0. The van der Waals surface area contributed by atoms with Gasteiger partial charge in [-0.15, -0.1) is 0 Å². The fraction of sp³-hybridized carbons (Fsp3) is 0.556. The van der Waals surface area contributed by atoms with Gasteiger partial charge >= 0.3 is 0 Å². The first-order valence-electron chi connectivity index (χ1n) is 7.88. The average Bonchev–Trinajstić information content (AvgIpc) is 3.01. The summed E-state index contributed by atoms with van der Waals surface area (Å²) in [6.07, 6.45) is 4.16. The lowest BCUT2D eigenvalue weighted by molar-refractivity contribution is 0.356. The number of rotatable bonds is 4. The number of nitrogens with one attached hydrogen (secondary N) is 1. The topological polar surface area (TPSA) is 25.2 Å². The predicted molar refractivity (Wildman–Crippen MR) is 83.9 cm³/mol. The number of furan rings is 1. The molecule has 1 heterocycles. The van der Waals surface area contributed by atoms with Crippen LogP contribution in [0.4, 0.5) is 0 Å². The number of hydrogen-bond donors (Lipinski definition) is 1. The maximum atomic E-state index is 6.04. The summed E-state index contributed by atoms with van der Waals surface area (Å²) in [5.41, 5.74) is 2.28. The molecule has 20 heavy (non-hydrogen) atoms. The standard InChI is InChI=1S/C18H25NO/c1-12-7-6-8-15(12)11-19-14(3)18-13(2)16-9-4-5-10-17(16)20-18/h4-5,9-10,12,14-15,19H,6-8,11H2,1-3H3. The molecule has 108 valence electrons. The lowest BCUT2D eigenvalue weighted by atomic mass is 9.97. The highest BCUT2D eigenvalue weighted by Crippen LogP contribution is 2.32. The molecule has 0 saturated heterocycles. The van der Waals surface area contributed by atoms with E-state index in [1.54, 1.807) is 0 Å². The lowest BCUT2D eigenvalue weighted by Gasteiger charge is -2.19. The molecule has 2 heteroatoms. The van der Waals surface area contributed by atoms with Crippen LogP contribution in [0.3, 0.4) is 0 Å². The van der Waals surface area contributed by atoms with Crippen molar-refractivity contribution in [1.82, 2.24) is 5.32 Å². The van der Waals surface area contributed by atoms with Crippen LogP contribution in [0, 0.1) is 18.8 Å². The van der Waals surface area contributed by atoms with Crippen LogP contribution in [0.15, 0.2) is 28.7 Å². The molecular weight excluding hydrogens is 246 g/mol. The van der Waals surface area contributed by atoms with Gasteiger partial charge in [0.05, 0.1) is 6.04 Å². The van der Waals surface area contributed by atoms with Gasteiger partial charge in [0.1, 0.15) is 11.3 Å². The van der Waals surface area contributed by atoms with Gasteiger partial charge < -0.3 is 9.73 Å². The fourth-order valence-electron chi connectivity index (χ4n) is 3.55. The van der Waals surface area contributed by atoms with Crippen molar-refractivity contribution in [2.24, 2.45) is 11.8 Å². The molecule has 1 aliphatic rings. The van der Waals surface area contributed by atoms with E-state index in [0.29, 0.717) is 0 Å². The second-order valence-corrected chi connectivity index (χ2v) is 6.39. The van der Waals surface area contributed by atoms with Crippen molar-refractivity contribution in [3.05, 3.63) is 35.6 Å². The third-order valence-electron chi connectivity index (χ3n) is 5.00. The molecule has 2 nitrogen and oxygen atoms in total. The summed E-state index contributed by atoms with van der Waals surface area (Å²) >= 11 is 0. The van der Waals surface area contributed by atoms with Crippen LogP contribution in [0.25, 0.3) is 11.0 Å². The van der Waals surface area contributed by atoms with Crippen molar-refractivity contribution in [3.8, 4) is 0 Å². The van der Waals surface area contributed by atoms with E-state index in [2.05, 4.69) is 44.3 Å². The Balaban J connectivity index is 1.72. The van der Waals surface area contributed by atoms with E-state index >= 15 is 0 Å². The minimum atomic E-state index is 0.287. The van der Waals surface area contributed by atoms with E-state index in [1.807, 2.05) is 6.07 Å². The molecule has 1 fully saturated rings. The summed E-state index contributed by atoms with van der Waals surface area (Å²) < 4.78 is 6.04. The van der Waals surface area contributed by atoms with Crippen molar-refractivity contribution < 1.29 is 4.42 Å². The van der Waals surface area contributed by atoms with Gasteiger partial charge in [-0.25, -0.2) is 0 Å². The first-order chi connectivity index (χ1) is 9.66. The summed E-state index contributed by atoms with van der Waals surface area (Å²) in [6, 6.07) is 8.59. The molecule has 0 radical (unpaired) electrons. The Morgan fingerprint density at radius 3 is 2.80 bits per heavy atom. The van der Waals surface area contributed by atoms with Gasteiger partial charge in [-0.05, 0) is 50.3 Å². The lowest BCUT2D eigenvalue weighted by Crippen LogP contribution is -2.27. The van der Waals surface area contributed by atoms with E-state index in [0.717, 1.165) is 29.7 Å². The summed E-state index contributed by atoms with van der Waals surface area (Å²) in [5.74, 6) is 2.80. The van der Waals surface area contributed by atoms with Gasteiger partial charge in [0.2, 0.25) is 0 Å². The van der Waals surface area contributed by atoms with Gasteiger partial charge in [-0.1, -0.05) is 38.0 Å². The highest BCUT2D eigenvalue weighted by molar-refractivity contribution is 5.82. The quantitative estimate of drug-likeness (QED) is 0.861. The number of para-hydroxylation sites is 1. The zero-order valence-electron chi connectivity index (χ0n) is 12.8. The molecular formula is C18H25NO. The first-order valence-corrected chi connectivity index (χ1v) is 7.88. The van der Waals surface area contributed by atoms with E-state index in [9.17, 15) is 0 Å². The first kappa shape index (κ1) is 13.7. The minimum absolute atomic E-state index is 0.287. The third kappa shape index (κ3) is 2.49. The molecule has 1 saturated carbocycles. The van der Waals surface area contributed by atoms with Crippen LogP contribution < -0.4 is 5.32 Å². The Labute approximate surface area is 121 Å². The van der Waals surface area contributed by atoms with Crippen LogP contribution in [-0.2, 0) is 0 Å². The zero-order chi connectivity index (χ0) is 14.1. The Morgan fingerprint density at radius 1 is 1.30 bits per heavy atom. The van der Waals surface area contributed by atoms with Gasteiger partial charge in [0.25, 0.3) is 0 Å². The van der Waals surface area contributed by atoms with Gasteiger partial charge in [0.15, 0.2) is 0 Å². The second kappa shape index (κ2) is 5.61. The molecule has 3 unspecified atom stereocenters. The highest BCUT2D eigenvalue weighted by atomic mass is 16.3. The second-order valence-electron chi connectivity index (χ2n) is 6.39. The molecule has 3 rings (SSSR count). The maximum absolute atomic E-state index is 6.04. The molecule has 0 amide bonds. The van der Waals surface area contributed by atoms with E-state index in [-0.39, 0.29) is 6.04 Å². The zero-order valence-corrected chi connectivity index (χ0v) is 12.8. The summed E-state index contributed by atoms with van der Waals surface area (Å²) in [6.45, 7) is 7.87. The highest BCUT2D eigenvalue weighted by Gasteiger charge is 2.24. The Hall–Kier alpha value is -1.28. The van der Waals surface area contributed by atoms with Crippen LogP contribution in [-0.4, -0.2) is 6.54 Å². The minimum Gasteiger partial charge on any atom is -0.459 e. The molecule has 1 aliphatic carbocycles. The molecule has 1 N–H and O–H groups in total. The van der Waals surface area contributed by atoms with E-state index in [4.69, 9.17) is 4.42 Å². The Kier molecular flexibility index (Phi) is 3.84. The normalized spacial score (nSPS) is 24.4. The molecule has 0 aliphatic heterocycles. The molecule has 1 aromatic carbocycles. The third-order valence-corrected chi connectivity index (χ3v) is 5.00. The monoisotopic (exact) mass is 271 g/mol. The van der Waals surface area contributed by atoms with Crippen molar-refractivity contribution in [2.75, 3.05) is 6.54 Å². The number of benzene rings is 1. The maximum Gasteiger partial charge on any atom is 0.134 e. The van der Waals surface area contributed by atoms with Gasteiger partial charge in [-0.2, -0.15) is 0 Å². The van der Waals surface area contributed by atoms with Crippen LogP contribution in [0.5, 0.6) is 0 Å².